The molecule has 2 fully saturated rings. The Morgan fingerprint density at radius 1 is 1.17 bits per heavy atom. The van der Waals surface area contributed by atoms with E-state index < -0.39 is 11.7 Å². The number of ketones is 1. The quantitative estimate of drug-likeness (QED) is 0.748. The van der Waals surface area contributed by atoms with Crippen LogP contribution >= 0.6 is 0 Å². The third-order valence-electron chi connectivity index (χ3n) is 5.54. The van der Waals surface area contributed by atoms with E-state index in [-0.39, 0.29) is 17.3 Å². The number of piperidine rings is 2. The fraction of sp³-hybridized carbons (Fsp3) is 0.611. The fourth-order valence-electron chi connectivity index (χ4n) is 4.11. The Morgan fingerprint density at radius 2 is 1.78 bits per heavy atom. The van der Waals surface area contributed by atoms with Crippen LogP contribution in [0.2, 0.25) is 0 Å². The molecule has 0 saturated carbocycles. The van der Waals surface area contributed by atoms with E-state index in [0.29, 0.717) is 17.6 Å². The molecule has 2 nitrogen and oxygen atoms in total. The minimum atomic E-state index is -4.41. The van der Waals surface area contributed by atoms with Crippen LogP contribution in [-0.2, 0) is 6.18 Å². The van der Waals surface area contributed by atoms with E-state index in [1.54, 1.807) is 6.92 Å². The van der Waals surface area contributed by atoms with Crippen molar-refractivity contribution in [2.24, 2.45) is 5.92 Å². The van der Waals surface area contributed by atoms with Gasteiger partial charge in [0, 0.05) is 23.6 Å². The van der Waals surface area contributed by atoms with Crippen molar-refractivity contribution >= 4 is 5.78 Å². The van der Waals surface area contributed by atoms with Crippen LogP contribution in [-0.4, -0.2) is 29.8 Å². The molecule has 3 rings (SSSR count). The van der Waals surface area contributed by atoms with E-state index in [2.05, 4.69) is 11.9 Å². The number of halogens is 3. The van der Waals surface area contributed by atoms with E-state index in [1.165, 1.54) is 12.5 Å². The maximum atomic E-state index is 12.9. The lowest BCUT2D eigenvalue weighted by atomic mass is 9.75. The number of carbonyl (C=O) groups excluding carboxylic acids is 1. The van der Waals surface area contributed by atoms with Gasteiger partial charge in [-0.1, -0.05) is 12.5 Å². The summed E-state index contributed by atoms with van der Waals surface area (Å²) in [5.74, 6) is -0.262. The summed E-state index contributed by atoms with van der Waals surface area (Å²) < 4.78 is 38.8. The Kier molecular flexibility index (Phi) is 4.25. The first-order chi connectivity index (χ1) is 10.8. The average molecular weight is 325 g/mol. The predicted molar refractivity (Wildman–Crippen MR) is 82.4 cm³/mol. The number of alkyl halides is 3. The second-order valence-corrected chi connectivity index (χ2v) is 6.96. The van der Waals surface area contributed by atoms with Crippen LogP contribution in [0.5, 0.6) is 0 Å². The van der Waals surface area contributed by atoms with Crippen molar-refractivity contribution in [1.29, 1.82) is 0 Å². The number of fused-ring (bicyclic) bond motifs is 2. The van der Waals surface area contributed by atoms with Crippen LogP contribution in [0.3, 0.4) is 0 Å². The van der Waals surface area contributed by atoms with Gasteiger partial charge in [0.25, 0.3) is 0 Å². The molecule has 0 aromatic heterocycles. The normalized spacial score (nSPS) is 28.7. The van der Waals surface area contributed by atoms with Gasteiger partial charge in [0.2, 0.25) is 0 Å². The van der Waals surface area contributed by atoms with Crippen LogP contribution in [0.1, 0.15) is 53.6 Å². The monoisotopic (exact) mass is 325 g/mol. The molecule has 0 spiro atoms. The number of aryl methyl sites for hydroxylation is 1. The topological polar surface area (TPSA) is 20.3 Å². The molecule has 23 heavy (non-hydrogen) atoms. The SMILES string of the molecule is Cc1ccc(C(F)(F)F)cc1C(=O)C1CC2CCCC(C1)N2C. The zero-order valence-corrected chi connectivity index (χ0v) is 13.5. The fourth-order valence-corrected chi connectivity index (χ4v) is 4.11. The lowest BCUT2D eigenvalue weighted by molar-refractivity contribution is -0.137. The van der Waals surface area contributed by atoms with Gasteiger partial charge in [0.15, 0.2) is 5.78 Å². The number of nitrogens with zero attached hydrogens (tertiary/aromatic N) is 1. The van der Waals surface area contributed by atoms with E-state index in [0.717, 1.165) is 37.8 Å². The van der Waals surface area contributed by atoms with Crippen molar-refractivity contribution in [2.45, 2.75) is 57.3 Å². The highest BCUT2D eigenvalue weighted by molar-refractivity contribution is 5.99. The molecule has 2 heterocycles. The first-order valence-electron chi connectivity index (χ1n) is 8.21. The van der Waals surface area contributed by atoms with Gasteiger partial charge in [-0.05, 0) is 57.4 Å². The second kappa shape index (κ2) is 5.93. The van der Waals surface area contributed by atoms with Gasteiger partial charge < -0.3 is 4.90 Å². The molecule has 0 radical (unpaired) electrons. The molecule has 2 saturated heterocycles. The summed E-state index contributed by atoms with van der Waals surface area (Å²) in [5, 5.41) is 0. The third-order valence-corrected chi connectivity index (χ3v) is 5.54. The van der Waals surface area contributed by atoms with E-state index in [1.807, 2.05) is 0 Å². The molecule has 126 valence electrons. The van der Waals surface area contributed by atoms with Crippen LogP contribution in [0.25, 0.3) is 0 Å². The van der Waals surface area contributed by atoms with Gasteiger partial charge in [-0.2, -0.15) is 13.2 Å². The van der Waals surface area contributed by atoms with Crippen molar-refractivity contribution in [1.82, 2.24) is 4.90 Å². The Labute approximate surface area is 134 Å². The molecule has 2 aliphatic rings. The summed E-state index contributed by atoms with van der Waals surface area (Å²) in [6.45, 7) is 1.71. The molecule has 1 aromatic rings. The molecule has 0 aliphatic carbocycles. The van der Waals surface area contributed by atoms with Gasteiger partial charge in [0.05, 0.1) is 5.56 Å². The second-order valence-electron chi connectivity index (χ2n) is 6.96. The van der Waals surface area contributed by atoms with Crippen molar-refractivity contribution in [3.05, 3.63) is 34.9 Å². The summed E-state index contributed by atoms with van der Waals surface area (Å²) in [4.78, 5) is 15.2. The number of benzene rings is 1. The van der Waals surface area contributed by atoms with Gasteiger partial charge in [-0.3, -0.25) is 4.79 Å². The van der Waals surface area contributed by atoms with Gasteiger partial charge >= 0.3 is 6.18 Å². The van der Waals surface area contributed by atoms with Gasteiger partial charge in [-0.15, -0.1) is 0 Å². The van der Waals surface area contributed by atoms with Crippen molar-refractivity contribution in [3.8, 4) is 0 Å². The zero-order valence-electron chi connectivity index (χ0n) is 13.5. The van der Waals surface area contributed by atoms with Crippen LogP contribution in [0.15, 0.2) is 18.2 Å². The highest BCUT2D eigenvalue weighted by Crippen LogP contribution is 2.38. The van der Waals surface area contributed by atoms with E-state index in [9.17, 15) is 18.0 Å². The number of rotatable bonds is 2. The molecule has 2 aliphatic heterocycles. The first kappa shape index (κ1) is 16.5. The number of hydrogen-bond acceptors (Lipinski definition) is 2. The summed E-state index contributed by atoms with van der Waals surface area (Å²) in [7, 11) is 2.10. The maximum Gasteiger partial charge on any atom is 0.416 e. The molecular weight excluding hydrogens is 303 g/mol. The molecule has 1 aromatic carbocycles. The summed E-state index contributed by atoms with van der Waals surface area (Å²) >= 11 is 0. The maximum absolute atomic E-state index is 12.9. The van der Waals surface area contributed by atoms with Crippen LogP contribution in [0.4, 0.5) is 13.2 Å². The minimum Gasteiger partial charge on any atom is -0.300 e. The lowest BCUT2D eigenvalue weighted by Gasteiger charge is -2.46. The molecular formula is C18H22F3NO. The molecule has 2 bridgehead atoms. The molecule has 5 heteroatoms. The van der Waals surface area contributed by atoms with Crippen LogP contribution < -0.4 is 0 Å². The Balaban J connectivity index is 1.86. The highest BCUT2D eigenvalue weighted by atomic mass is 19.4. The molecule has 0 N–H and O–H groups in total. The van der Waals surface area contributed by atoms with Gasteiger partial charge in [-0.25, -0.2) is 0 Å². The Hall–Kier alpha value is -1.36. The number of hydrogen-bond donors (Lipinski definition) is 0. The molecule has 0 amide bonds. The van der Waals surface area contributed by atoms with Gasteiger partial charge in [0.1, 0.15) is 0 Å². The summed E-state index contributed by atoms with van der Waals surface area (Å²) in [5.41, 5.74) is 0.138. The summed E-state index contributed by atoms with van der Waals surface area (Å²) in [6, 6.07) is 4.28. The molecule has 2 atom stereocenters. The number of carbonyl (C=O) groups is 1. The number of Topliss-reactive ketones (excluding diaryl/α,β-unsaturated/α-hetero) is 1. The largest absolute Gasteiger partial charge is 0.416 e. The first-order valence-corrected chi connectivity index (χ1v) is 8.21. The molecule has 2 unspecified atom stereocenters. The van der Waals surface area contributed by atoms with E-state index in [4.69, 9.17) is 0 Å². The Morgan fingerprint density at radius 3 is 2.35 bits per heavy atom. The highest BCUT2D eigenvalue weighted by Gasteiger charge is 2.39. The van der Waals surface area contributed by atoms with Crippen LogP contribution in [0, 0.1) is 12.8 Å². The standard InChI is InChI=1S/C18H22F3NO/c1-11-6-7-13(18(19,20)21)10-16(11)17(23)12-8-14-4-3-5-15(9-12)22(14)2/h6-7,10,12,14-15H,3-5,8-9H2,1-2H3. The minimum absolute atomic E-state index is 0.112. The zero-order chi connectivity index (χ0) is 16.8. The van der Waals surface area contributed by atoms with Crippen molar-refractivity contribution in [2.75, 3.05) is 7.05 Å². The smallest absolute Gasteiger partial charge is 0.300 e. The van der Waals surface area contributed by atoms with E-state index >= 15 is 0 Å². The average Bonchev–Trinajstić information content (AvgIpc) is 2.45. The Bertz CT molecular complexity index is 597. The van der Waals surface area contributed by atoms with Crippen molar-refractivity contribution < 1.29 is 18.0 Å². The third kappa shape index (κ3) is 3.16. The van der Waals surface area contributed by atoms with Crippen molar-refractivity contribution in [3.63, 3.8) is 0 Å². The lowest BCUT2D eigenvalue weighted by Crippen LogP contribution is -2.51. The summed E-state index contributed by atoms with van der Waals surface area (Å²) in [6.07, 6.45) is 0.467. The predicted octanol–water partition coefficient (Wildman–Crippen LogP) is 4.46.